The lowest BCUT2D eigenvalue weighted by atomic mass is 10.2. The van der Waals surface area contributed by atoms with Crippen molar-refractivity contribution in [3.05, 3.63) is 0 Å². The van der Waals surface area contributed by atoms with Gasteiger partial charge in [0.1, 0.15) is 6.10 Å². The quantitative estimate of drug-likeness (QED) is 0.710. The molecule has 2 heterocycles. The molecule has 8 heteroatoms. The van der Waals surface area contributed by atoms with Gasteiger partial charge in [-0.3, -0.25) is 14.6 Å². The number of hydrogen-bond acceptors (Lipinski definition) is 5. The van der Waals surface area contributed by atoms with Crippen LogP contribution in [0.4, 0.5) is 0 Å². The third-order valence-corrected chi connectivity index (χ3v) is 3.83. The van der Waals surface area contributed by atoms with Gasteiger partial charge in [-0.2, -0.15) is 0 Å². The summed E-state index contributed by atoms with van der Waals surface area (Å²) in [5.74, 6) is 0.0354. The third kappa shape index (κ3) is 7.13. The van der Waals surface area contributed by atoms with Crippen molar-refractivity contribution in [2.45, 2.75) is 13.0 Å². The SMILES string of the molecule is CCN1CCOC(C(=O)NCCN2CCNCC2)C1.Cl.Cl. The number of nitrogens with zero attached hydrogens (tertiary/aromatic N) is 2. The number of piperazine rings is 1. The first kappa shape index (κ1) is 20.9. The summed E-state index contributed by atoms with van der Waals surface area (Å²) in [5, 5.41) is 6.31. The summed E-state index contributed by atoms with van der Waals surface area (Å²) in [6.45, 7) is 11.3. The van der Waals surface area contributed by atoms with Crippen molar-refractivity contribution in [3.8, 4) is 0 Å². The van der Waals surface area contributed by atoms with Crippen LogP contribution in [0.25, 0.3) is 0 Å². The first-order valence-corrected chi connectivity index (χ1v) is 7.34. The van der Waals surface area contributed by atoms with Crippen LogP contribution < -0.4 is 10.6 Å². The number of amides is 1. The number of morpholine rings is 1. The predicted octanol–water partition coefficient (Wildman–Crippen LogP) is -0.428. The highest BCUT2D eigenvalue weighted by Crippen LogP contribution is 2.04. The van der Waals surface area contributed by atoms with Crippen molar-refractivity contribution in [1.29, 1.82) is 0 Å². The Balaban J connectivity index is 0.00000200. The fraction of sp³-hybridized carbons (Fsp3) is 0.923. The highest BCUT2D eigenvalue weighted by molar-refractivity contribution is 5.85. The van der Waals surface area contributed by atoms with Gasteiger partial charge < -0.3 is 15.4 Å². The summed E-state index contributed by atoms with van der Waals surface area (Å²) in [7, 11) is 0. The first-order valence-electron chi connectivity index (χ1n) is 7.34. The molecule has 0 aromatic rings. The highest BCUT2D eigenvalue weighted by atomic mass is 35.5. The molecule has 0 spiro atoms. The van der Waals surface area contributed by atoms with Crippen molar-refractivity contribution in [3.63, 3.8) is 0 Å². The Kier molecular flexibility index (Phi) is 11.4. The van der Waals surface area contributed by atoms with Gasteiger partial charge in [0.05, 0.1) is 6.61 Å². The minimum atomic E-state index is -0.295. The molecule has 1 atom stereocenters. The first-order chi connectivity index (χ1) is 9.29. The molecule has 2 aliphatic rings. The summed E-state index contributed by atoms with van der Waals surface area (Å²) >= 11 is 0. The summed E-state index contributed by atoms with van der Waals surface area (Å²) in [5.41, 5.74) is 0. The van der Waals surface area contributed by atoms with Crippen molar-refractivity contribution in [2.75, 3.05) is 65.5 Å². The van der Waals surface area contributed by atoms with Gasteiger partial charge in [0.2, 0.25) is 0 Å². The fourth-order valence-corrected chi connectivity index (χ4v) is 2.53. The standard InChI is InChI=1S/C13H26N4O2.2ClH/c1-2-16-9-10-19-12(11-16)13(18)15-5-8-17-6-3-14-4-7-17;;/h12,14H,2-11H2,1H3,(H,15,18);2*1H. The summed E-state index contributed by atoms with van der Waals surface area (Å²) in [6, 6.07) is 0. The van der Waals surface area contributed by atoms with Crippen molar-refractivity contribution < 1.29 is 9.53 Å². The Hall–Kier alpha value is -0.110. The molecule has 2 rings (SSSR count). The van der Waals surface area contributed by atoms with Gasteiger partial charge in [-0.1, -0.05) is 6.92 Å². The van der Waals surface area contributed by atoms with Crippen LogP contribution in [0.1, 0.15) is 6.92 Å². The molecule has 2 fully saturated rings. The van der Waals surface area contributed by atoms with Crippen molar-refractivity contribution >= 4 is 30.7 Å². The normalized spacial score (nSPS) is 23.8. The second-order valence-corrected chi connectivity index (χ2v) is 5.14. The Labute approximate surface area is 139 Å². The monoisotopic (exact) mass is 342 g/mol. The molecular formula is C13H28Cl2N4O2. The maximum absolute atomic E-state index is 12.0. The molecule has 0 bridgehead atoms. The average molecular weight is 343 g/mol. The van der Waals surface area contributed by atoms with Gasteiger partial charge >= 0.3 is 0 Å². The molecule has 2 N–H and O–H groups in total. The Bertz CT molecular complexity index is 291. The van der Waals surface area contributed by atoms with E-state index < -0.39 is 0 Å². The van der Waals surface area contributed by atoms with Gasteiger partial charge in [0.25, 0.3) is 5.91 Å². The Morgan fingerprint density at radius 3 is 2.62 bits per heavy atom. The fourth-order valence-electron chi connectivity index (χ4n) is 2.53. The van der Waals surface area contributed by atoms with Crippen LogP contribution in [0, 0.1) is 0 Å². The van der Waals surface area contributed by atoms with E-state index in [2.05, 4.69) is 27.4 Å². The Morgan fingerprint density at radius 2 is 1.95 bits per heavy atom. The summed E-state index contributed by atoms with van der Waals surface area (Å²) < 4.78 is 5.54. The zero-order valence-electron chi connectivity index (χ0n) is 12.7. The third-order valence-electron chi connectivity index (χ3n) is 3.83. The van der Waals surface area contributed by atoms with Gasteiger partial charge in [-0.05, 0) is 6.54 Å². The lowest BCUT2D eigenvalue weighted by molar-refractivity contribution is -0.138. The maximum Gasteiger partial charge on any atom is 0.250 e. The molecule has 6 nitrogen and oxygen atoms in total. The van der Waals surface area contributed by atoms with E-state index in [0.29, 0.717) is 13.2 Å². The summed E-state index contributed by atoms with van der Waals surface area (Å²) in [6.07, 6.45) is -0.295. The van der Waals surface area contributed by atoms with Crippen LogP contribution in [0.3, 0.4) is 0 Å². The molecule has 0 radical (unpaired) electrons. The van der Waals surface area contributed by atoms with Gasteiger partial charge in [-0.25, -0.2) is 0 Å². The molecule has 1 unspecified atom stereocenters. The van der Waals surface area contributed by atoms with Crippen LogP contribution >= 0.6 is 24.8 Å². The van der Waals surface area contributed by atoms with Crippen LogP contribution in [-0.4, -0.2) is 87.3 Å². The zero-order valence-corrected chi connectivity index (χ0v) is 14.3. The van der Waals surface area contributed by atoms with Gasteiger partial charge in [-0.15, -0.1) is 24.8 Å². The van der Waals surface area contributed by atoms with E-state index in [-0.39, 0.29) is 36.8 Å². The second-order valence-electron chi connectivity index (χ2n) is 5.14. The van der Waals surface area contributed by atoms with Gasteiger partial charge in [0.15, 0.2) is 0 Å². The van der Waals surface area contributed by atoms with E-state index in [9.17, 15) is 4.79 Å². The number of ether oxygens (including phenoxy) is 1. The lowest BCUT2D eigenvalue weighted by Crippen LogP contribution is -2.51. The molecule has 0 aliphatic carbocycles. The van der Waals surface area contributed by atoms with E-state index in [1.54, 1.807) is 0 Å². The predicted molar refractivity (Wildman–Crippen MR) is 88.7 cm³/mol. The smallest absolute Gasteiger partial charge is 0.250 e. The number of likely N-dealkylation sites (N-methyl/N-ethyl adjacent to an activating group) is 1. The van der Waals surface area contributed by atoms with Crippen molar-refractivity contribution in [1.82, 2.24) is 20.4 Å². The number of carbonyl (C=O) groups excluding carboxylic acids is 1. The highest BCUT2D eigenvalue weighted by Gasteiger charge is 2.25. The maximum atomic E-state index is 12.0. The molecular weight excluding hydrogens is 315 g/mol. The minimum Gasteiger partial charge on any atom is -0.366 e. The molecule has 1 amide bonds. The lowest BCUT2D eigenvalue weighted by Gasteiger charge is -2.31. The molecule has 0 aromatic carbocycles. The number of rotatable bonds is 5. The molecule has 21 heavy (non-hydrogen) atoms. The number of hydrogen-bond donors (Lipinski definition) is 2. The molecule has 0 saturated carbocycles. The van der Waals surface area contributed by atoms with Crippen LogP contribution in [-0.2, 0) is 9.53 Å². The van der Waals surface area contributed by atoms with Crippen molar-refractivity contribution in [2.24, 2.45) is 0 Å². The number of halogens is 2. The zero-order chi connectivity index (χ0) is 13.5. The number of carbonyl (C=O) groups is 1. The van der Waals surface area contributed by atoms with E-state index in [4.69, 9.17) is 4.74 Å². The number of nitrogens with one attached hydrogen (secondary N) is 2. The second kappa shape index (κ2) is 11.5. The van der Waals surface area contributed by atoms with E-state index in [0.717, 1.165) is 52.4 Å². The average Bonchev–Trinajstić information content (AvgIpc) is 2.48. The molecule has 0 aromatic heterocycles. The van der Waals surface area contributed by atoms with E-state index in [1.165, 1.54) is 0 Å². The Morgan fingerprint density at radius 1 is 1.24 bits per heavy atom. The van der Waals surface area contributed by atoms with Crippen LogP contribution in [0.5, 0.6) is 0 Å². The summed E-state index contributed by atoms with van der Waals surface area (Å²) in [4.78, 5) is 16.6. The largest absolute Gasteiger partial charge is 0.366 e. The minimum absolute atomic E-state index is 0. The van der Waals surface area contributed by atoms with E-state index >= 15 is 0 Å². The van der Waals surface area contributed by atoms with Gasteiger partial charge in [0, 0.05) is 52.4 Å². The molecule has 126 valence electrons. The van der Waals surface area contributed by atoms with Crippen LogP contribution in [0.2, 0.25) is 0 Å². The molecule has 2 saturated heterocycles. The topological polar surface area (TPSA) is 56.8 Å². The van der Waals surface area contributed by atoms with E-state index in [1.807, 2.05) is 0 Å². The van der Waals surface area contributed by atoms with Crippen LogP contribution in [0.15, 0.2) is 0 Å². The molecule has 2 aliphatic heterocycles.